The van der Waals surface area contributed by atoms with Gasteiger partial charge >= 0.3 is 0 Å². The van der Waals surface area contributed by atoms with E-state index in [1.165, 1.54) is 19.2 Å². The SMILES string of the molecule is Cc1ccc(S(=O)(=O)N(C)CC(=O)NNC(=O)c2ccc(Cn3cccn3)cc2)cc1. The molecule has 0 unspecified atom stereocenters. The summed E-state index contributed by atoms with van der Waals surface area (Å²) < 4.78 is 27.8. The Bertz CT molecular complexity index is 1140. The first-order valence-electron chi connectivity index (χ1n) is 9.44. The number of carbonyl (C=O) groups is 2. The summed E-state index contributed by atoms with van der Waals surface area (Å²) >= 11 is 0. The molecule has 0 fully saturated rings. The lowest BCUT2D eigenvalue weighted by Gasteiger charge is -2.17. The zero-order chi connectivity index (χ0) is 22.4. The zero-order valence-electron chi connectivity index (χ0n) is 17.1. The maximum absolute atomic E-state index is 12.5. The molecule has 0 aliphatic rings. The first kappa shape index (κ1) is 22.2. The lowest BCUT2D eigenvalue weighted by molar-refractivity contribution is -0.121. The number of rotatable bonds is 7. The molecule has 0 saturated heterocycles. The summed E-state index contributed by atoms with van der Waals surface area (Å²) in [6, 6.07) is 15.0. The van der Waals surface area contributed by atoms with E-state index in [-0.39, 0.29) is 4.90 Å². The van der Waals surface area contributed by atoms with E-state index < -0.39 is 28.4 Å². The first-order chi connectivity index (χ1) is 14.8. The molecule has 0 atom stereocenters. The molecule has 9 nitrogen and oxygen atoms in total. The number of nitrogens with one attached hydrogen (secondary N) is 2. The number of aromatic nitrogens is 2. The Morgan fingerprint density at radius 2 is 1.71 bits per heavy atom. The largest absolute Gasteiger partial charge is 0.272 e. The van der Waals surface area contributed by atoms with Gasteiger partial charge in [-0.2, -0.15) is 9.40 Å². The van der Waals surface area contributed by atoms with Gasteiger partial charge in [0.15, 0.2) is 0 Å². The number of hydrogen-bond acceptors (Lipinski definition) is 5. The van der Waals surface area contributed by atoms with Crippen LogP contribution in [0.3, 0.4) is 0 Å². The van der Waals surface area contributed by atoms with Gasteiger partial charge in [0, 0.05) is 25.0 Å². The predicted molar refractivity (Wildman–Crippen MR) is 114 cm³/mol. The molecular formula is C21H23N5O4S. The summed E-state index contributed by atoms with van der Waals surface area (Å²) in [5, 5.41) is 4.12. The number of nitrogens with zero attached hydrogens (tertiary/aromatic N) is 3. The van der Waals surface area contributed by atoms with E-state index in [0.29, 0.717) is 12.1 Å². The van der Waals surface area contributed by atoms with Crippen molar-refractivity contribution in [2.24, 2.45) is 0 Å². The van der Waals surface area contributed by atoms with Crippen molar-refractivity contribution in [3.05, 3.63) is 83.7 Å². The van der Waals surface area contributed by atoms with Crippen molar-refractivity contribution < 1.29 is 18.0 Å². The molecule has 0 aliphatic carbocycles. The minimum Gasteiger partial charge on any atom is -0.272 e. The van der Waals surface area contributed by atoms with Gasteiger partial charge in [-0.15, -0.1) is 0 Å². The average molecular weight is 442 g/mol. The summed E-state index contributed by atoms with van der Waals surface area (Å²) in [5.74, 6) is -1.18. The van der Waals surface area contributed by atoms with Gasteiger partial charge in [-0.1, -0.05) is 29.8 Å². The van der Waals surface area contributed by atoms with Crippen LogP contribution in [0.15, 0.2) is 71.9 Å². The van der Waals surface area contributed by atoms with Gasteiger partial charge in [0.1, 0.15) is 0 Å². The van der Waals surface area contributed by atoms with Crippen LogP contribution in [-0.4, -0.2) is 47.9 Å². The van der Waals surface area contributed by atoms with Crippen LogP contribution in [0.25, 0.3) is 0 Å². The van der Waals surface area contributed by atoms with Crippen LogP contribution in [0.2, 0.25) is 0 Å². The quantitative estimate of drug-likeness (QED) is 0.537. The number of carbonyl (C=O) groups excluding carboxylic acids is 2. The zero-order valence-corrected chi connectivity index (χ0v) is 18.0. The minimum absolute atomic E-state index is 0.0904. The second-order valence-electron chi connectivity index (χ2n) is 6.98. The molecule has 0 radical (unpaired) electrons. The molecule has 2 aromatic carbocycles. The molecule has 2 amide bonds. The van der Waals surface area contributed by atoms with Crippen molar-refractivity contribution in [3.63, 3.8) is 0 Å². The summed E-state index contributed by atoms with van der Waals surface area (Å²) in [5.41, 5.74) is 6.77. The van der Waals surface area contributed by atoms with Gasteiger partial charge in [-0.3, -0.25) is 25.1 Å². The minimum atomic E-state index is -3.82. The third-order valence-electron chi connectivity index (χ3n) is 4.53. The monoisotopic (exact) mass is 441 g/mol. The van der Waals surface area contributed by atoms with Crippen molar-refractivity contribution in [2.75, 3.05) is 13.6 Å². The van der Waals surface area contributed by atoms with E-state index in [4.69, 9.17) is 0 Å². The third kappa shape index (κ3) is 5.77. The fraction of sp³-hybridized carbons (Fsp3) is 0.190. The summed E-state index contributed by atoms with van der Waals surface area (Å²) in [7, 11) is -2.51. The molecule has 162 valence electrons. The number of aryl methyl sites for hydroxylation is 1. The Kier molecular flexibility index (Phi) is 6.83. The highest BCUT2D eigenvalue weighted by Crippen LogP contribution is 2.14. The molecule has 31 heavy (non-hydrogen) atoms. The predicted octanol–water partition coefficient (Wildman–Crippen LogP) is 1.32. The molecule has 10 heteroatoms. The average Bonchev–Trinajstić information content (AvgIpc) is 3.26. The Balaban J connectivity index is 1.51. The highest BCUT2D eigenvalue weighted by atomic mass is 32.2. The third-order valence-corrected chi connectivity index (χ3v) is 6.35. The number of hydrogen-bond donors (Lipinski definition) is 2. The van der Waals surface area contributed by atoms with E-state index in [1.807, 2.05) is 19.2 Å². The molecule has 1 heterocycles. The van der Waals surface area contributed by atoms with Crippen molar-refractivity contribution in [2.45, 2.75) is 18.4 Å². The van der Waals surface area contributed by atoms with Crippen LogP contribution in [0.4, 0.5) is 0 Å². The van der Waals surface area contributed by atoms with Crippen molar-refractivity contribution in [3.8, 4) is 0 Å². The summed E-state index contributed by atoms with van der Waals surface area (Å²) in [4.78, 5) is 24.4. The second-order valence-corrected chi connectivity index (χ2v) is 9.02. The van der Waals surface area contributed by atoms with Gasteiger partial charge in [0.25, 0.3) is 11.8 Å². The smallest absolute Gasteiger partial charge is 0.269 e. The maximum atomic E-state index is 12.5. The van der Waals surface area contributed by atoms with Crippen LogP contribution < -0.4 is 10.9 Å². The molecule has 0 aliphatic heterocycles. The van der Waals surface area contributed by atoms with Crippen LogP contribution in [0.1, 0.15) is 21.5 Å². The van der Waals surface area contributed by atoms with Crippen molar-refractivity contribution in [1.82, 2.24) is 24.9 Å². The highest BCUT2D eigenvalue weighted by Gasteiger charge is 2.23. The van der Waals surface area contributed by atoms with E-state index in [1.54, 1.807) is 47.3 Å². The van der Waals surface area contributed by atoms with E-state index in [2.05, 4.69) is 16.0 Å². The number of sulfonamides is 1. The van der Waals surface area contributed by atoms with Gasteiger partial charge in [0.2, 0.25) is 10.0 Å². The van der Waals surface area contributed by atoms with E-state index in [9.17, 15) is 18.0 Å². The van der Waals surface area contributed by atoms with Gasteiger partial charge < -0.3 is 0 Å². The lowest BCUT2D eigenvalue weighted by Crippen LogP contribution is -2.46. The Morgan fingerprint density at radius 3 is 2.32 bits per heavy atom. The number of amides is 2. The molecule has 0 saturated carbocycles. The van der Waals surface area contributed by atoms with E-state index >= 15 is 0 Å². The van der Waals surface area contributed by atoms with Gasteiger partial charge in [0.05, 0.1) is 18.0 Å². The van der Waals surface area contributed by atoms with Crippen LogP contribution in [0, 0.1) is 6.92 Å². The van der Waals surface area contributed by atoms with Crippen molar-refractivity contribution in [1.29, 1.82) is 0 Å². The topological polar surface area (TPSA) is 113 Å². The number of hydrazine groups is 1. The fourth-order valence-corrected chi connectivity index (χ4v) is 3.89. The van der Waals surface area contributed by atoms with Crippen molar-refractivity contribution >= 4 is 21.8 Å². The lowest BCUT2D eigenvalue weighted by atomic mass is 10.1. The van der Waals surface area contributed by atoms with Crippen LogP contribution in [-0.2, 0) is 21.4 Å². The molecule has 0 bridgehead atoms. The molecule has 0 spiro atoms. The number of likely N-dealkylation sites (N-methyl/N-ethyl adjacent to an activating group) is 1. The molecular weight excluding hydrogens is 418 g/mol. The standard InChI is InChI=1S/C21H23N5O4S/c1-16-4-10-19(11-5-16)31(29,30)25(2)15-20(27)23-24-21(28)18-8-6-17(7-9-18)14-26-13-3-12-22-26/h3-13H,14-15H2,1-2H3,(H,23,27)(H,24,28). The normalized spacial score (nSPS) is 11.3. The van der Waals surface area contributed by atoms with Gasteiger partial charge in [-0.05, 0) is 42.8 Å². The van der Waals surface area contributed by atoms with Crippen LogP contribution >= 0.6 is 0 Å². The van der Waals surface area contributed by atoms with Gasteiger partial charge in [-0.25, -0.2) is 8.42 Å². The Labute approximate surface area is 180 Å². The second kappa shape index (κ2) is 9.54. The maximum Gasteiger partial charge on any atom is 0.269 e. The number of benzene rings is 2. The Morgan fingerprint density at radius 1 is 1.03 bits per heavy atom. The van der Waals surface area contributed by atoms with Crippen LogP contribution in [0.5, 0.6) is 0 Å². The Hall–Kier alpha value is -3.50. The molecule has 3 aromatic rings. The molecule has 3 rings (SSSR count). The highest BCUT2D eigenvalue weighted by molar-refractivity contribution is 7.89. The fourth-order valence-electron chi connectivity index (χ4n) is 2.76. The van der Waals surface area contributed by atoms with E-state index in [0.717, 1.165) is 15.4 Å². The summed E-state index contributed by atoms with van der Waals surface area (Å²) in [6.45, 7) is 1.98. The molecule has 1 aromatic heterocycles. The molecule has 2 N–H and O–H groups in total. The first-order valence-corrected chi connectivity index (χ1v) is 10.9. The summed E-state index contributed by atoms with van der Waals surface area (Å²) in [6.07, 6.45) is 3.53.